The van der Waals surface area contributed by atoms with Gasteiger partial charge in [-0.05, 0) is 92.5 Å². The third kappa shape index (κ3) is 7.08. The molecule has 9 heteroatoms. The molecule has 9 nitrogen and oxygen atoms in total. The molecule has 2 aliphatic heterocycles. The van der Waals surface area contributed by atoms with Gasteiger partial charge in [-0.15, -0.1) is 0 Å². The highest BCUT2D eigenvalue weighted by atomic mass is 16.7. The van der Waals surface area contributed by atoms with E-state index in [1.54, 1.807) is 5.06 Å². The molecule has 274 valence electrons. The van der Waals surface area contributed by atoms with Gasteiger partial charge in [0.05, 0.1) is 19.8 Å². The molecule has 3 saturated carbocycles. The number of fused-ring (bicyclic) bond motifs is 2. The van der Waals surface area contributed by atoms with Crippen molar-refractivity contribution in [2.45, 2.75) is 105 Å². The summed E-state index contributed by atoms with van der Waals surface area (Å²) in [6, 6.07) is 13.7. The molecule has 2 aromatic carbocycles. The van der Waals surface area contributed by atoms with Crippen molar-refractivity contribution >= 4 is 11.8 Å². The van der Waals surface area contributed by atoms with Crippen molar-refractivity contribution in [3.05, 3.63) is 53.6 Å². The summed E-state index contributed by atoms with van der Waals surface area (Å²) in [6.07, 6.45) is 4.06. The molecule has 2 heterocycles. The van der Waals surface area contributed by atoms with Crippen molar-refractivity contribution < 1.29 is 24.3 Å². The summed E-state index contributed by atoms with van der Waals surface area (Å²) >= 11 is 0. The molecule has 0 spiro atoms. The van der Waals surface area contributed by atoms with Gasteiger partial charge in [0.2, 0.25) is 5.91 Å². The fourth-order valence-corrected chi connectivity index (χ4v) is 9.81. The molecular formula is C41H60N4O5. The molecular weight excluding hydrogens is 628 g/mol. The van der Waals surface area contributed by atoms with Crippen molar-refractivity contribution in [3.63, 3.8) is 0 Å². The third-order valence-corrected chi connectivity index (χ3v) is 12.8. The number of hydroxylamine groups is 2. The van der Waals surface area contributed by atoms with Crippen molar-refractivity contribution in [3.8, 4) is 16.9 Å². The van der Waals surface area contributed by atoms with Crippen LogP contribution in [0, 0.1) is 35.0 Å². The van der Waals surface area contributed by atoms with E-state index in [0.717, 1.165) is 42.6 Å². The van der Waals surface area contributed by atoms with E-state index in [4.69, 9.17) is 9.57 Å². The zero-order valence-electron chi connectivity index (χ0n) is 31.3. The van der Waals surface area contributed by atoms with E-state index in [2.05, 4.69) is 57.1 Å². The van der Waals surface area contributed by atoms with Gasteiger partial charge >= 0.3 is 0 Å². The van der Waals surface area contributed by atoms with E-state index in [-0.39, 0.29) is 36.3 Å². The Kier molecular flexibility index (Phi) is 11.3. The highest BCUT2D eigenvalue weighted by molar-refractivity contribution is 5.95. The highest BCUT2D eigenvalue weighted by Gasteiger charge is 2.57. The summed E-state index contributed by atoms with van der Waals surface area (Å²) in [7, 11) is 0. The summed E-state index contributed by atoms with van der Waals surface area (Å²) in [4.78, 5) is 36.5. The van der Waals surface area contributed by atoms with E-state index in [1.807, 2.05) is 49.4 Å². The van der Waals surface area contributed by atoms with Crippen LogP contribution in [0.4, 0.5) is 0 Å². The molecule has 3 N–H and O–H groups in total. The molecule has 2 aromatic rings. The zero-order chi connectivity index (χ0) is 35.7. The number of amides is 2. The molecule has 2 bridgehead atoms. The number of likely N-dealkylation sites (tertiary alicyclic amines) is 1. The quantitative estimate of drug-likeness (QED) is 0.241. The minimum absolute atomic E-state index is 0.0249. The van der Waals surface area contributed by atoms with Crippen molar-refractivity contribution in [2.24, 2.45) is 35.0 Å². The number of hydrogen-bond acceptors (Lipinski definition) is 7. The standard InChI is InChI=1S/C41H60N4O5/c1-8-44-18-12-16-31(44)22-42-39(47)28-14-10-13-27(19-28)32-17-11-15-29(38(32)49-9-2)23-45-37(36(25(3)4)35(24-46)50-45)40(48)43-34-21-30-20-33(26(34)5)41(30,6)7/h10-11,13-15,17,19,25-26,30-31,33-37,46H,8-9,12,16,18,20-24H2,1-7H3,(H,42,47)(H,43,48)/t26-,30+,31-,33-,34-,35-,36-,37-/m0/s1. The topological polar surface area (TPSA) is 103 Å². The number of hydrogen-bond donors (Lipinski definition) is 3. The van der Waals surface area contributed by atoms with E-state index < -0.39 is 12.1 Å². The van der Waals surface area contributed by atoms with Crippen LogP contribution in [-0.4, -0.2) is 84.0 Å². The number of aliphatic hydroxyl groups is 1. The Hall–Kier alpha value is -2.98. The molecule has 7 rings (SSSR count). The minimum atomic E-state index is -0.556. The molecule has 5 aliphatic rings. The maximum absolute atomic E-state index is 14.3. The number of nitrogens with one attached hydrogen (secondary N) is 2. The number of carbonyl (C=O) groups excluding carboxylic acids is 2. The first-order chi connectivity index (χ1) is 24.0. The molecule has 2 saturated heterocycles. The predicted molar refractivity (Wildman–Crippen MR) is 196 cm³/mol. The number of aliphatic hydroxyl groups excluding tert-OH is 1. The number of para-hydroxylation sites is 1. The van der Waals surface area contributed by atoms with Gasteiger partial charge in [-0.2, -0.15) is 5.06 Å². The van der Waals surface area contributed by atoms with Crippen molar-refractivity contribution in [1.82, 2.24) is 20.6 Å². The molecule has 5 fully saturated rings. The zero-order valence-corrected chi connectivity index (χ0v) is 31.3. The third-order valence-electron chi connectivity index (χ3n) is 12.8. The molecule has 0 unspecified atom stereocenters. The number of benzene rings is 2. The lowest BCUT2D eigenvalue weighted by Gasteiger charge is -2.62. The normalized spacial score (nSPS) is 30.7. The summed E-state index contributed by atoms with van der Waals surface area (Å²) in [5, 5.41) is 18.8. The largest absolute Gasteiger partial charge is 0.493 e. The second-order valence-electron chi connectivity index (χ2n) is 16.2. The lowest BCUT2D eigenvalue weighted by atomic mass is 9.45. The summed E-state index contributed by atoms with van der Waals surface area (Å²) in [5.74, 6) is 2.21. The van der Waals surface area contributed by atoms with Gasteiger partial charge in [0, 0.05) is 41.2 Å². The molecule has 3 aliphatic carbocycles. The van der Waals surface area contributed by atoms with Crippen molar-refractivity contribution in [1.29, 1.82) is 0 Å². The molecule has 0 radical (unpaired) electrons. The van der Waals surface area contributed by atoms with Gasteiger partial charge in [-0.25, -0.2) is 0 Å². The average molecular weight is 689 g/mol. The Morgan fingerprint density at radius 3 is 2.58 bits per heavy atom. The van der Waals surface area contributed by atoms with E-state index in [1.165, 1.54) is 12.8 Å². The Balaban J connectivity index is 1.23. The first-order valence-electron chi connectivity index (χ1n) is 19.2. The first kappa shape index (κ1) is 36.8. The van der Waals surface area contributed by atoms with Gasteiger partial charge in [0.1, 0.15) is 17.9 Å². The second-order valence-corrected chi connectivity index (χ2v) is 16.2. The Morgan fingerprint density at radius 1 is 1.12 bits per heavy atom. The van der Waals surface area contributed by atoms with Crippen LogP contribution in [0.1, 0.15) is 90.1 Å². The van der Waals surface area contributed by atoms with Crippen LogP contribution in [0.15, 0.2) is 42.5 Å². The van der Waals surface area contributed by atoms with E-state index >= 15 is 0 Å². The lowest BCUT2D eigenvalue weighted by molar-refractivity contribution is -0.183. The minimum Gasteiger partial charge on any atom is -0.493 e. The second kappa shape index (κ2) is 15.3. The maximum atomic E-state index is 14.3. The van der Waals surface area contributed by atoms with Crippen LogP contribution in [0.2, 0.25) is 0 Å². The first-order valence-corrected chi connectivity index (χ1v) is 19.2. The van der Waals surface area contributed by atoms with Gasteiger partial charge < -0.3 is 20.5 Å². The van der Waals surface area contributed by atoms with E-state index in [9.17, 15) is 14.7 Å². The maximum Gasteiger partial charge on any atom is 0.251 e. The average Bonchev–Trinajstić information content (AvgIpc) is 3.72. The smallest absolute Gasteiger partial charge is 0.251 e. The van der Waals surface area contributed by atoms with Crippen LogP contribution in [0.25, 0.3) is 11.1 Å². The monoisotopic (exact) mass is 688 g/mol. The van der Waals surface area contributed by atoms with Crippen LogP contribution in [0.3, 0.4) is 0 Å². The molecule has 2 amide bonds. The Bertz CT molecular complexity index is 1510. The van der Waals surface area contributed by atoms with Gasteiger partial charge in [-0.3, -0.25) is 19.3 Å². The predicted octanol–water partition coefficient (Wildman–Crippen LogP) is 5.90. The fraction of sp³-hybridized carbons (Fsp3) is 0.659. The van der Waals surface area contributed by atoms with Crippen molar-refractivity contribution in [2.75, 3.05) is 32.8 Å². The molecule has 8 atom stereocenters. The van der Waals surface area contributed by atoms with Gasteiger partial charge in [0.25, 0.3) is 5.91 Å². The number of nitrogens with zero attached hydrogens (tertiary/aromatic N) is 2. The lowest BCUT2D eigenvalue weighted by Crippen LogP contribution is -2.62. The van der Waals surface area contributed by atoms with Gasteiger partial charge in [-0.1, -0.05) is 71.9 Å². The summed E-state index contributed by atoms with van der Waals surface area (Å²) in [6.45, 7) is 18.7. The van der Waals surface area contributed by atoms with Crippen LogP contribution >= 0.6 is 0 Å². The number of rotatable bonds is 13. The SMILES string of the molecule is CCOc1c(CN2O[C@@H](CO)[C@H](C(C)C)[C@H]2C(=O)N[C@H]2C[C@H]3C[C@@H]([C@@H]2C)C3(C)C)cccc1-c1cccc(C(=O)NC[C@@H]2CCCN2CC)c1. The van der Waals surface area contributed by atoms with Gasteiger partial charge in [0.15, 0.2) is 0 Å². The number of likely N-dealkylation sites (N-methyl/N-ethyl adjacent to an activating group) is 1. The van der Waals surface area contributed by atoms with Crippen LogP contribution in [-0.2, 0) is 16.2 Å². The number of carbonyl (C=O) groups is 2. The van der Waals surface area contributed by atoms with Crippen LogP contribution < -0.4 is 15.4 Å². The molecule has 0 aromatic heterocycles. The van der Waals surface area contributed by atoms with Crippen LogP contribution in [0.5, 0.6) is 5.75 Å². The number of ether oxygens (including phenoxy) is 1. The Morgan fingerprint density at radius 2 is 1.90 bits per heavy atom. The van der Waals surface area contributed by atoms with E-state index in [0.29, 0.717) is 60.2 Å². The summed E-state index contributed by atoms with van der Waals surface area (Å²) in [5.41, 5.74) is 3.59. The fourth-order valence-electron chi connectivity index (χ4n) is 9.81. The highest BCUT2D eigenvalue weighted by Crippen LogP contribution is 2.61. The Labute approximate surface area is 299 Å². The molecule has 50 heavy (non-hydrogen) atoms. The summed E-state index contributed by atoms with van der Waals surface area (Å²) < 4.78 is 6.33.